The summed E-state index contributed by atoms with van der Waals surface area (Å²) in [5.74, 6) is 1.94. The van der Waals surface area contributed by atoms with E-state index < -0.39 is 0 Å². The van der Waals surface area contributed by atoms with Crippen LogP contribution < -0.4 is 5.32 Å². The molecule has 0 aromatic heterocycles. The fourth-order valence-corrected chi connectivity index (χ4v) is 3.51. The van der Waals surface area contributed by atoms with Gasteiger partial charge in [0.25, 0.3) is 0 Å². The molecule has 98 valence electrons. The summed E-state index contributed by atoms with van der Waals surface area (Å²) in [6.07, 6.45) is 3.96. The summed E-state index contributed by atoms with van der Waals surface area (Å²) in [5.41, 5.74) is 0.349. The van der Waals surface area contributed by atoms with Crippen LogP contribution in [0.4, 0.5) is 0 Å². The van der Waals surface area contributed by atoms with Gasteiger partial charge in [-0.1, -0.05) is 18.7 Å². The zero-order valence-corrected chi connectivity index (χ0v) is 12.3. The number of amidine groups is 1. The molecule has 1 N–H and O–H groups in total. The molecule has 1 saturated carbocycles. The number of rotatable bonds is 3. The minimum absolute atomic E-state index is 0.349. The molecule has 3 nitrogen and oxygen atoms in total. The normalized spacial score (nSPS) is 34.5. The first-order valence-electron chi connectivity index (χ1n) is 6.65. The molecule has 4 heteroatoms. The van der Waals surface area contributed by atoms with Crippen LogP contribution in [-0.2, 0) is 0 Å². The maximum absolute atomic E-state index is 4.81. The van der Waals surface area contributed by atoms with E-state index in [4.69, 9.17) is 4.99 Å². The topological polar surface area (TPSA) is 27.6 Å². The molecular weight excluding hydrogens is 230 g/mol. The van der Waals surface area contributed by atoms with Crippen molar-refractivity contribution < 1.29 is 0 Å². The molecule has 2 fully saturated rings. The van der Waals surface area contributed by atoms with Crippen molar-refractivity contribution in [3.8, 4) is 0 Å². The lowest BCUT2D eigenvalue weighted by Crippen LogP contribution is -2.53. The zero-order chi connectivity index (χ0) is 12.5. The molecule has 0 aromatic rings. The molecular formula is C13H25N3S. The monoisotopic (exact) mass is 255 g/mol. The average Bonchev–Trinajstić information content (AvgIpc) is 2.21. The predicted molar refractivity (Wildman–Crippen MR) is 76.8 cm³/mol. The molecule has 0 bridgehead atoms. The van der Waals surface area contributed by atoms with Gasteiger partial charge in [0, 0.05) is 17.3 Å². The summed E-state index contributed by atoms with van der Waals surface area (Å²) < 4.78 is 0. The Labute approximate surface area is 109 Å². The number of likely N-dealkylation sites (N-methyl/N-ethyl adjacent to an activating group) is 1. The summed E-state index contributed by atoms with van der Waals surface area (Å²) >= 11 is 1.88. The van der Waals surface area contributed by atoms with Crippen LogP contribution in [-0.4, -0.2) is 48.0 Å². The molecule has 1 heterocycles. The second-order valence-electron chi connectivity index (χ2n) is 5.82. The predicted octanol–water partition coefficient (Wildman–Crippen LogP) is 2.19. The van der Waals surface area contributed by atoms with E-state index in [0.29, 0.717) is 11.6 Å². The molecule has 0 radical (unpaired) electrons. The summed E-state index contributed by atoms with van der Waals surface area (Å²) in [6, 6.07) is 0.562. The van der Waals surface area contributed by atoms with Gasteiger partial charge >= 0.3 is 0 Å². The fourth-order valence-electron chi connectivity index (χ4n) is 2.38. The van der Waals surface area contributed by atoms with E-state index in [9.17, 15) is 0 Å². The van der Waals surface area contributed by atoms with Gasteiger partial charge in [0.2, 0.25) is 0 Å². The maximum atomic E-state index is 4.81. The average molecular weight is 255 g/mol. The lowest BCUT2D eigenvalue weighted by Gasteiger charge is -2.46. The summed E-state index contributed by atoms with van der Waals surface area (Å²) in [5, 5.41) is 4.68. The van der Waals surface area contributed by atoms with Gasteiger partial charge in [-0.25, -0.2) is 0 Å². The standard InChI is InChI=1S/C13H25N3S/c1-10-8-17-12(15-11(10)2)14-9-13(16(3)4)6-5-7-13/h10-11H,5-9H2,1-4H3,(H,14,15). The van der Waals surface area contributed by atoms with E-state index in [1.54, 1.807) is 0 Å². The van der Waals surface area contributed by atoms with Gasteiger partial charge in [0.05, 0.1) is 6.54 Å². The number of aliphatic imine (C=N–C) groups is 1. The van der Waals surface area contributed by atoms with E-state index >= 15 is 0 Å². The van der Waals surface area contributed by atoms with E-state index in [-0.39, 0.29) is 0 Å². The van der Waals surface area contributed by atoms with Crippen molar-refractivity contribution in [2.24, 2.45) is 10.9 Å². The molecule has 2 rings (SSSR count). The van der Waals surface area contributed by atoms with Crippen molar-refractivity contribution >= 4 is 16.9 Å². The summed E-state index contributed by atoms with van der Waals surface area (Å²) in [6.45, 7) is 5.51. The van der Waals surface area contributed by atoms with Gasteiger partial charge in [0.15, 0.2) is 5.17 Å². The molecule has 0 amide bonds. The van der Waals surface area contributed by atoms with E-state index in [1.165, 1.54) is 25.0 Å². The smallest absolute Gasteiger partial charge is 0.156 e. The first-order chi connectivity index (χ1) is 8.03. The largest absolute Gasteiger partial charge is 0.362 e. The number of hydrogen-bond acceptors (Lipinski definition) is 3. The van der Waals surface area contributed by atoms with Crippen molar-refractivity contribution in [3.05, 3.63) is 0 Å². The number of nitrogens with one attached hydrogen (secondary N) is 1. The third-order valence-electron chi connectivity index (χ3n) is 4.44. The fraction of sp³-hybridized carbons (Fsp3) is 0.923. The lowest BCUT2D eigenvalue weighted by atomic mass is 9.76. The Hall–Kier alpha value is -0.220. The highest BCUT2D eigenvalue weighted by Crippen LogP contribution is 2.36. The highest BCUT2D eigenvalue weighted by atomic mass is 32.2. The lowest BCUT2D eigenvalue weighted by molar-refractivity contribution is 0.0700. The van der Waals surface area contributed by atoms with Gasteiger partial charge in [-0.3, -0.25) is 4.99 Å². The van der Waals surface area contributed by atoms with Crippen LogP contribution in [0.3, 0.4) is 0 Å². The number of hydrogen-bond donors (Lipinski definition) is 1. The summed E-state index contributed by atoms with van der Waals surface area (Å²) in [4.78, 5) is 7.17. The Morgan fingerprint density at radius 2 is 2.12 bits per heavy atom. The molecule has 1 aliphatic carbocycles. The van der Waals surface area contributed by atoms with Crippen LogP contribution >= 0.6 is 11.8 Å². The van der Waals surface area contributed by atoms with Gasteiger partial charge in [-0.15, -0.1) is 0 Å². The Bertz CT molecular complexity index is 297. The molecule has 0 spiro atoms. The quantitative estimate of drug-likeness (QED) is 0.838. The van der Waals surface area contributed by atoms with Gasteiger partial charge < -0.3 is 10.2 Å². The minimum atomic E-state index is 0.349. The van der Waals surface area contributed by atoms with Crippen LogP contribution in [0.1, 0.15) is 33.1 Å². The Balaban J connectivity index is 1.92. The van der Waals surface area contributed by atoms with Gasteiger partial charge in [-0.2, -0.15) is 0 Å². The minimum Gasteiger partial charge on any atom is -0.362 e. The third kappa shape index (κ3) is 2.79. The van der Waals surface area contributed by atoms with Crippen molar-refractivity contribution in [1.82, 2.24) is 10.2 Å². The molecule has 2 aliphatic rings. The van der Waals surface area contributed by atoms with Gasteiger partial charge in [0.1, 0.15) is 0 Å². The number of nitrogens with zero attached hydrogens (tertiary/aromatic N) is 2. The van der Waals surface area contributed by atoms with Crippen molar-refractivity contribution in [2.75, 3.05) is 26.4 Å². The highest BCUT2D eigenvalue weighted by molar-refractivity contribution is 8.13. The van der Waals surface area contributed by atoms with Crippen molar-refractivity contribution in [2.45, 2.75) is 44.7 Å². The van der Waals surface area contributed by atoms with Crippen LogP contribution in [0.5, 0.6) is 0 Å². The second kappa shape index (κ2) is 5.19. The molecule has 1 saturated heterocycles. The SMILES string of the molecule is CC1CSC(=NCC2(N(C)C)CCC2)NC1C. The molecule has 0 aromatic carbocycles. The second-order valence-corrected chi connectivity index (χ2v) is 6.82. The van der Waals surface area contributed by atoms with Crippen molar-refractivity contribution in [1.29, 1.82) is 0 Å². The first kappa shape index (κ1) is 13.2. The van der Waals surface area contributed by atoms with E-state index in [1.807, 2.05) is 11.8 Å². The maximum Gasteiger partial charge on any atom is 0.156 e. The van der Waals surface area contributed by atoms with Crippen LogP contribution in [0, 0.1) is 5.92 Å². The molecule has 1 aliphatic heterocycles. The first-order valence-corrected chi connectivity index (χ1v) is 7.63. The van der Waals surface area contributed by atoms with E-state index in [2.05, 4.69) is 38.2 Å². The molecule has 2 unspecified atom stereocenters. The van der Waals surface area contributed by atoms with E-state index in [0.717, 1.165) is 17.6 Å². The van der Waals surface area contributed by atoms with Crippen LogP contribution in [0.2, 0.25) is 0 Å². The Morgan fingerprint density at radius 3 is 2.59 bits per heavy atom. The molecule has 2 atom stereocenters. The van der Waals surface area contributed by atoms with Gasteiger partial charge in [-0.05, 0) is 46.2 Å². The Kier molecular flexibility index (Phi) is 4.03. The van der Waals surface area contributed by atoms with Crippen LogP contribution in [0.15, 0.2) is 4.99 Å². The van der Waals surface area contributed by atoms with Crippen LogP contribution in [0.25, 0.3) is 0 Å². The Morgan fingerprint density at radius 1 is 1.41 bits per heavy atom. The zero-order valence-electron chi connectivity index (χ0n) is 11.5. The number of thioether (sulfide) groups is 1. The van der Waals surface area contributed by atoms with Crippen molar-refractivity contribution in [3.63, 3.8) is 0 Å². The third-order valence-corrected chi connectivity index (χ3v) is 5.65. The highest BCUT2D eigenvalue weighted by Gasteiger charge is 2.39. The summed E-state index contributed by atoms with van der Waals surface area (Å²) in [7, 11) is 4.37. The molecule has 17 heavy (non-hydrogen) atoms.